The summed E-state index contributed by atoms with van der Waals surface area (Å²) in [6, 6.07) is 11.7. The molecule has 1 aliphatic heterocycles. The maximum Gasteiger partial charge on any atom is 0.255 e. The highest BCUT2D eigenvalue weighted by Crippen LogP contribution is 2.23. The first-order valence-corrected chi connectivity index (χ1v) is 7.89. The second-order valence-electron chi connectivity index (χ2n) is 5.74. The number of ether oxygens (including phenoxy) is 2. The number of hydrogen-bond donors (Lipinski definition) is 2. The van der Waals surface area contributed by atoms with Gasteiger partial charge in [-0.15, -0.1) is 0 Å². The third kappa shape index (κ3) is 3.72. The van der Waals surface area contributed by atoms with Gasteiger partial charge in [0.15, 0.2) is 5.60 Å². The Kier molecular flexibility index (Phi) is 5.08. The first kappa shape index (κ1) is 16.4. The number of carbonyl (C=O) groups is 1. The molecule has 0 spiro atoms. The van der Waals surface area contributed by atoms with Gasteiger partial charge in [0.1, 0.15) is 0 Å². The molecular formula is C18H21N3O3. The minimum Gasteiger partial charge on any atom is -0.378 e. The molecule has 1 aromatic carbocycles. The zero-order valence-corrected chi connectivity index (χ0v) is 13.6. The topological polar surface area (TPSA) is 72.5 Å². The Morgan fingerprint density at radius 2 is 1.92 bits per heavy atom. The lowest BCUT2D eigenvalue weighted by atomic mass is 10.0. The van der Waals surface area contributed by atoms with Gasteiger partial charge in [0.05, 0.1) is 13.2 Å². The number of pyridine rings is 1. The summed E-state index contributed by atoms with van der Waals surface area (Å²) in [5.41, 5.74) is 2.14. The number of nitrogens with zero attached hydrogens (tertiary/aromatic N) is 1. The SMILES string of the molecule is CO[C@@]1(C(=O)NCc2ccc(Nc3ccncc3)cc2)CCOC1. The predicted octanol–water partition coefficient (Wildman–Crippen LogP) is 2.25. The smallest absolute Gasteiger partial charge is 0.255 e. The molecule has 2 heterocycles. The normalized spacial score (nSPS) is 19.9. The highest BCUT2D eigenvalue weighted by Gasteiger charge is 2.42. The minimum absolute atomic E-state index is 0.124. The fourth-order valence-electron chi connectivity index (χ4n) is 2.63. The van der Waals surface area contributed by atoms with Crippen molar-refractivity contribution in [3.63, 3.8) is 0 Å². The maximum absolute atomic E-state index is 12.3. The predicted molar refractivity (Wildman–Crippen MR) is 91.0 cm³/mol. The third-order valence-corrected chi connectivity index (χ3v) is 4.17. The molecule has 2 N–H and O–H groups in total. The monoisotopic (exact) mass is 327 g/mol. The molecule has 3 rings (SSSR count). The summed E-state index contributed by atoms with van der Waals surface area (Å²) in [6.45, 7) is 1.32. The molecule has 1 saturated heterocycles. The van der Waals surface area contributed by atoms with Crippen molar-refractivity contribution < 1.29 is 14.3 Å². The lowest BCUT2D eigenvalue weighted by molar-refractivity contribution is -0.143. The molecule has 0 saturated carbocycles. The standard InChI is InChI=1S/C18H21N3O3/c1-23-18(8-11-24-13-18)17(22)20-12-14-2-4-15(5-3-14)21-16-6-9-19-10-7-16/h2-7,9-10H,8,11-13H2,1H3,(H,19,21)(H,20,22)/t18-/m0/s1. The summed E-state index contributed by atoms with van der Waals surface area (Å²) in [5, 5.41) is 6.22. The summed E-state index contributed by atoms with van der Waals surface area (Å²) in [5.74, 6) is -0.124. The van der Waals surface area contributed by atoms with Crippen LogP contribution in [0, 0.1) is 0 Å². The lowest BCUT2D eigenvalue weighted by Crippen LogP contribution is -2.48. The van der Waals surface area contributed by atoms with Crippen molar-refractivity contribution in [3.8, 4) is 0 Å². The molecule has 24 heavy (non-hydrogen) atoms. The molecule has 1 atom stereocenters. The largest absolute Gasteiger partial charge is 0.378 e. The van der Waals surface area contributed by atoms with E-state index in [4.69, 9.17) is 9.47 Å². The van der Waals surface area contributed by atoms with Gasteiger partial charge in [-0.3, -0.25) is 9.78 Å². The number of aromatic nitrogens is 1. The third-order valence-electron chi connectivity index (χ3n) is 4.17. The van der Waals surface area contributed by atoms with Crippen LogP contribution in [0.4, 0.5) is 11.4 Å². The summed E-state index contributed by atoms with van der Waals surface area (Å²) in [7, 11) is 1.55. The van der Waals surface area contributed by atoms with E-state index >= 15 is 0 Å². The van der Waals surface area contributed by atoms with Crippen LogP contribution in [0.1, 0.15) is 12.0 Å². The second-order valence-corrected chi connectivity index (χ2v) is 5.74. The molecule has 6 heteroatoms. The van der Waals surface area contributed by atoms with Gasteiger partial charge in [0.25, 0.3) is 5.91 Å². The van der Waals surface area contributed by atoms with Crippen molar-refractivity contribution in [1.82, 2.24) is 10.3 Å². The number of anilines is 2. The van der Waals surface area contributed by atoms with E-state index in [0.717, 1.165) is 16.9 Å². The first-order chi connectivity index (χ1) is 11.7. The lowest BCUT2D eigenvalue weighted by Gasteiger charge is -2.24. The van der Waals surface area contributed by atoms with Gasteiger partial charge in [-0.1, -0.05) is 12.1 Å². The van der Waals surface area contributed by atoms with Crippen molar-refractivity contribution in [3.05, 3.63) is 54.4 Å². The average molecular weight is 327 g/mol. The van der Waals surface area contributed by atoms with E-state index in [0.29, 0.717) is 26.2 Å². The van der Waals surface area contributed by atoms with Gasteiger partial charge < -0.3 is 20.1 Å². The van der Waals surface area contributed by atoms with Gasteiger partial charge in [-0.25, -0.2) is 0 Å². The van der Waals surface area contributed by atoms with Crippen LogP contribution in [0.15, 0.2) is 48.8 Å². The summed E-state index contributed by atoms with van der Waals surface area (Å²) < 4.78 is 10.7. The zero-order valence-electron chi connectivity index (χ0n) is 13.6. The number of methoxy groups -OCH3 is 1. The molecule has 0 radical (unpaired) electrons. The van der Waals surface area contributed by atoms with Gasteiger partial charge in [-0.05, 0) is 29.8 Å². The van der Waals surface area contributed by atoms with Crippen LogP contribution in [0.25, 0.3) is 0 Å². The molecule has 1 aliphatic rings. The molecule has 0 bridgehead atoms. The Balaban J connectivity index is 1.55. The van der Waals surface area contributed by atoms with Crippen LogP contribution < -0.4 is 10.6 Å². The van der Waals surface area contributed by atoms with Gasteiger partial charge in [0.2, 0.25) is 0 Å². The number of nitrogens with one attached hydrogen (secondary N) is 2. The molecule has 2 aromatic rings. The first-order valence-electron chi connectivity index (χ1n) is 7.89. The van der Waals surface area contributed by atoms with E-state index in [1.54, 1.807) is 19.5 Å². The van der Waals surface area contributed by atoms with Crippen LogP contribution in [-0.2, 0) is 20.8 Å². The van der Waals surface area contributed by atoms with E-state index in [1.165, 1.54) is 0 Å². The summed E-state index contributed by atoms with van der Waals surface area (Å²) >= 11 is 0. The Morgan fingerprint density at radius 1 is 1.21 bits per heavy atom. The van der Waals surface area contributed by atoms with E-state index in [1.807, 2.05) is 36.4 Å². The highest BCUT2D eigenvalue weighted by atomic mass is 16.6. The van der Waals surface area contributed by atoms with E-state index in [2.05, 4.69) is 15.6 Å². The van der Waals surface area contributed by atoms with Crippen molar-refractivity contribution in [1.29, 1.82) is 0 Å². The number of amides is 1. The molecule has 1 aromatic heterocycles. The average Bonchev–Trinajstić information content (AvgIpc) is 3.12. The van der Waals surface area contributed by atoms with Crippen LogP contribution in [0.2, 0.25) is 0 Å². The fraction of sp³-hybridized carbons (Fsp3) is 0.333. The molecule has 1 fully saturated rings. The summed E-state index contributed by atoms with van der Waals surface area (Å²) in [6.07, 6.45) is 4.07. The highest BCUT2D eigenvalue weighted by molar-refractivity contribution is 5.85. The second kappa shape index (κ2) is 7.42. The van der Waals surface area contributed by atoms with E-state index in [9.17, 15) is 4.79 Å². The molecule has 6 nitrogen and oxygen atoms in total. The van der Waals surface area contributed by atoms with E-state index in [-0.39, 0.29) is 5.91 Å². The van der Waals surface area contributed by atoms with Crippen LogP contribution in [-0.4, -0.2) is 36.8 Å². The minimum atomic E-state index is -0.844. The molecule has 1 amide bonds. The van der Waals surface area contributed by atoms with Crippen LogP contribution >= 0.6 is 0 Å². The van der Waals surface area contributed by atoms with Gasteiger partial charge in [-0.2, -0.15) is 0 Å². The van der Waals surface area contributed by atoms with Crippen LogP contribution in [0.3, 0.4) is 0 Å². The van der Waals surface area contributed by atoms with Crippen molar-refractivity contribution in [2.45, 2.75) is 18.6 Å². The number of rotatable bonds is 6. The summed E-state index contributed by atoms with van der Waals surface area (Å²) in [4.78, 5) is 16.3. The number of hydrogen-bond acceptors (Lipinski definition) is 5. The number of carbonyl (C=O) groups excluding carboxylic acids is 1. The van der Waals surface area contributed by atoms with Gasteiger partial charge >= 0.3 is 0 Å². The molecule has 0 unspecified atom stereocenters. The molecule has 0 aliphatic carbocycles. The maximum atomic E-state index is 12.3. The van der Waals surface area contributed by atoms with Crippen molar-refractivity contribution >= 4 is 17.3 Å². The van der Waals surface area contributed by atoms with Crippen LogP contribution in [0.5, 0.6) is 0 Å². The Hall–Kier alpha value is -2.44. The number of benzene rings is 1. The fourth-order valence-corrected chi connectivity index (χ4v) is 2.63. The van der Waals surface area contributed by atoms with Crippen molar-refractivity contribution in [2.24, 2.45) is 0 Å². The molecule has 126 valence electrons. The van der Waals surface area contributed by atoms with Gasteiger partial charge in [0, 0.05) is 43.8 Å². The van der Waals surface area contributed by atoms with Crippen molar-refractivity contribution in [2.75, 3.05) is 25.6 Å². The molecular weight excluding hydrogens is 306 g/mol. The quantitative estimate of drug-likeness (QED) is 0.851. The Labute approximate surface area is 141 Å². The van der Waals surface area contributed by atoms with E-state index < -0.39 is 5.60 Å². The Bertz CT molecular complexity index is 668. The zero-order chi connectivity index (χ0) is 16.8. The Morgan fingerprint density at radius 3 is 2.54 bits per heavy atom.